The third-order valence-electron chi connectivity index (χ3n) is 4.68. The number of piperidine rings is 1. The molecule has 2 heterocycles. The molecule has 3 rings (SSSR count). The Labute approximate surface area is 113 Å². The lowest BCUT2D eigenvalue weighted by atomic mass is 9.58. The van der Waals surface area contributed by atoms with Crippen LogP contribution in [0.25, 0.3) is 0 Å². The normalized spacial score (nSPS) is 29.3. The molecule has 5 nitrogen and oxygen atoms in total. The van der Waals surface area contributed by atoms with Crippen LogP contribution in [0.1, 0.15) is 26.2 Å². The lowest BCUT2D eigenvalue weighted by Gasteiger charge is -2.56. The van der Waals surface area contributed by atoms with E-state index >= 15 is 0 Å². The lowest BCUT2D eigenvalue weighted by molar-refractivity contribution is -0.199. The highest BCUT2D eigenvalue weighted by Crippen LogP contribution is 2.51. The molecule has 1 aliphatic carbocycles. The molecule has 0 amide bonds. The van der Waals surface area contributed by atoms with E-state index in [1.807, 2.05) is 6.92 Å². The van der Waals surface area contributed by atoms with Crippen molar-refractivity contribution in [3.63, 3.8) is 0 Å². The molecule has 1 spiro atoms. The van der Waals surface area contributed by atoms with Crippen LogP contribution in [0.3, 0.4) is 0 Å². The van der Waals surface area contributed by atoms with Gasteiger partial charge in [0.25, 0.3) is 0 Å². The summed E-state index contributed by atoms with van der Waals surface area (Å²) in [6.07, 6.45) is 7.97. The number of rotatable bonds is 3. The Hall–Kier alpha value is -1.20. The van der Waals surface area contributed by atoms with Crippen LogP contribution in [0.2, 0.25) is 0 Å². The zero-order chi connectivity index (χ0) is 13.3. The first-order chi connectivity index (χ1) is 9.26. The van der Waals surface area contributed by atoms with Crippen LogP contribution in [0.15, 0.2) is 18.6 Å². The topological polar surface area (TPSA) is 58.5 Å². The lowest BCUT2D eigenvalue weighted by Crippen LogP contribution is -2.62. The molecule has 1 N–H and O–H groups in total. The van der Waals surface area contributed by atoms with Gasteiger partial charge in [0, 0.05) is 43.9 Å². The number of aliphatic hydroxyl groups excluding tert-OH is 1. The fraction of sp³-hybridized carbons (Fsp3) is 0.714. The summed E-state index contributed by atoms with van der Waals surface area (Å²) in [4.78, 5) is 10.7. The van der Waals surface area contributed by atoms with Crippen LogP contribution in [0, 0.1) is 5.41 Å². The molecule has 1 aromatic rings. The molecule has 19 heavy (non-hydrogen) atoms. The Balaban J connectivity index is 1.66. The van der Waals surface area contributed by atoms with E-state index in [1.165, 1.54) is 0 Å². The predicted octanol–water partition coefficient (Wildman–Crippen LogP) is 1.23. The highest BCUT2D eigenvalue weighted by Gasteiger charge is 2.56. The van der Waals surface area contributed by atoms with Crippen molar-refractivity contribution in [2.75, 3.05) is 24.6 Å². The molecule has 0 bridgehead atoms. The van der Waals surface area contributed by atoms with E-state index in [2.05, 4.69) is 14.9 Å². The number of nitrogens with zero attached hydrogens (tertiary/aromatic N) is 3. The Morgan fingerprint density at radius 1 is 1.42 bits per heavy atom. The molecule has 0 radical (unpaired) electrons. The van der Waals surface area contributed by atoms with Crippen molar-refractivity contribution < 1.29 is 9.84 Å². The van der Waals surface area contributed by atoms with E-state index in [4.69, 9.17) is 4.74 Å². The number of aromatic nitrogens is 2. The SMILES string of the molecule is CCO[C@H]1C[C@H](O)C12CCN(c1cnccn1)CC2. The zero-order valence-electron chi connectivity index (χ0n) is 11.3. The number of hydrogen-bond donors (Lipinski definition) is 1. The van der Waals surface area contributed by atoms with E-state index in [-0.39, 0.29) is 17.6 Å². The number of ether oxygens (including phenoxy) is 1. The second kappa shape index (κ2) is 5.06. The largest absolute Gasteiger partial charge is 0.392 e. The first kappa shape index (κ1) is 12.8. The second-order valence-electron chi connectivity index (χ2n) is 5.48. The van der Waals surface area contributed by atoms with Crippen LogP contribution in [0.4, 0.5) is 5.82 Å². The molecular formula is C14H21N3O2. The first-order valence-electron chi connectivity index (χ1n) is 7.07. The highest BCUT2D eigenvalue weighted by molar-refractivity contribution is 5.36. The first-order valence-corrected chi connectivity index (χ1v) is 7.07. The van der Waals surface area contributed by atoms with Crippen molar-refractivity contribution in [3.8, 4) is 0 Å². The van der Waals surface area contributed by atoms with Gasteiger partial charge in [0.1, 0.15) is 5.82 Å². The summed E-state index contributed by atoms with van der Waals surface area (Å²) in [5.74, 6) is 0.930. The van der Waals surface area contributed by atoms with Crippen LogP contribution >= 0.6 is 0 Å². The summed E-state index contributed by atoms with van der Waals surface area (Å²) in [6, 6.07) is 0. The summed E-state index contributed by atoms with van der Waals surface area (Å²) in [6.45, 7) is 4.58. The summed E-state index contributed by atoms with van der Waals surface area (Å²) in [5.41, 5.74) is -0.0191. The molecule has 2 aliphatic rings. The van der Waals surface area contributed by atoms with E-state index in [0.717, 1.165) is 44.8 Å². The van der Waals surface area contributed by atoms with E-state index in [0.29, 0.717) is 0 Å². The van der Waals surface area contributed by atoms with Gasteiger partial charge in [0.15, 0.2) is 0 Å². The van der Waals surface area contributed by atoms with Gasteiger partial charge in [-0.3, -0.25) is 4.98 Å². The summed E-state index contributed by atoms with van der Waals surface area (Å²) < 4.78 is 5.78. The van der Waals surface area contributed by atoms with Crippen LogP contribution < -0.4 is 4.90 Å². The molecule has 104 valence electrons. The van der Waals surface area contributed by atoms with Crippen molar-refractivity contribution in [1.29, 1.82) is 0 Å². The van der Waals surface area contributed by atoms with Gasteiger partial charge in [-0.2, -0.15) is 0 Å². The van der Waals surface area contributed by atoms with Gasteiger partial charge >= 0.3 is 0 Å². The maximum atomic E-state index is 10.2. The number of aliphatic hydroxyl groups is 1. The van der Waals surface area contributed by atoms with E-state index < -0.39 is 0 Å². The van der Waals surface area contributed by atoms with Crippen molar-refractivity contribution in [1.82, 2.24) is 9.97 Å². The third-order valence-corrected chi connectivity index (χ3v) is 4.68. The zero-order valence-corrected chi connectivity index (χ0v) is 11.3. The smallest absolute Gasteiger partial charge is 0.147 e. The van der Waals surface area contributed by atoms with Crippen molar-refractivity contribution in [2.24, 2.45) is 5.41 Å². The minimum Gasteiger partial charge on any atom is -0.392 e. The Kier molecular flexibility index (Phi) is 3.41. The molecule has 2 atom stereocenters. The van der Waals surface area contributed by atoms with Crippen molar-refractivity contribution >= 4 is 5.82 Å². The third kappa shape index (κ3) is 2.11. The van der Waals surface area contributed by atoms with E-state index in [9.17, 15) is 5.11 Å². The second-order valence-corrected chi connectivity index (χ2v) is 5.48. The fourth-order valence-corrected chi connectivity index (χ4v) is 3.42. The molecule has 5 heteroatoms. The minimum absolute atomic E-state index is 0.0191. The van der Waals surface area contributed by atoms with Gasteiger partial charge in [-0.15, -0.1) is 0 Å². The van der Waals surface area contributed by atoms with Gasteiger partial charge in [-0.25, -0.2) is 4.98 Å². The minimum atomic E-state index is -0.201. The van der Waals surface area contributed by atoms with Crippen LogP contribution in [0.5, 0.6) is 0 Å². The highest BCUT2D eigenvalue weighted by atomic mass is 16.5. The predicted molar refractivity (Wildman–Crippen MR) is 71.9 cm³/mol. The monoisotopic (exact) mass is 263 g/mol. The Morgan fingerprint density at radius 2 is 2.21 bits per heavy atom. The van der Waals surface area contributed by atoms with Gasteiger partial charge in [-0.05, 0) is 19.8 Å². The number of anilines is 1. The summed E-state index contributed by atoms with van der Waals surface area (Å²) >= 11 is 0. The molecule has 1 aliphatic heterocycles. The molecule has 0 aromatic carbocycles. The Morgan fingerprint density at radius 3 is 2.79 bits per heavy atom. The molecule has 1 aromatic heterocycles. The number of hydrogen-bond acceptors (Lipinski definition) is 5. The average Bonchev–Trinajstić information content (AvgIpc) is 2.48. The van der Waals surface area contributed by atoms with Gasteiger partial charge in [-0.1, -0.05) is 0 Å². The summed E-state index contributed by atoms with van der Waals surface area (Å²) in [5, 5.41) is 10.2. The standard InChI is InChI=1S/C14H21N3O2/c1-2-19-12-9-11(18)14(12)3-7-17(8-4-14)13-10-15-5-6-16-13/h5-6,10-12,18H,2-4,7-9H2,1H3/t11-,12-/m0/s1. The van der Waals surface area contributed by atoms with Gasteiger partial charge in [0.2, 0.25) is 0 Å². The molecule has 1 saturated carbocycles. The maximum Gasteiger partial charge on any atom is 0.147 e. The van der Waals surface area contributed by atoms with Gasteiger partial charge in [0.05, 0.1) is 18.4 Å². The summed E-state index contributed by atoms with van der Waals surface area (Å²) in [7, 11) is 0. The fourth-order valence-electron chi connectivity index (χ4n) is 3.42. The quantitative estimate of drug-likeness (QED) is 0.889. The maximum absolute atomic E-state index is 10.2. The van der Waals surface area contributed by atoms with Crippen molar-refractivity contribution in [2.45, 2.75) is 38.4 Å². The molecule has 2 fully saturated rings. The van der Waals surface area contributed by atoms with E-state index in [1.54, 1.807) is 18.6 Å². The molecule has 1 saturated heterocycles. The average molecular weight is 263 g/mol. The van der Waals surface area contributed by atoms with Crippen LogP contribution in [-0.2, 0) is 4.74 Å². The molecule has 0 unspecified atom stereocenters. The van der Waals surface area contributed by atoms with Crippen molar-refractivity contribution in [3.05, 3.63) is 18.6 Å². The Bertz CT molecular complexity index is 416. The van der Waals surface area contributed by atoms with Gasteiger partial charge < -0.3 is 14.7 Å². The van der Waals surface area contributed by atoms with Crippen LogP contribution in [-0.4, -0.2) is 47.0 Å². The molecular weight excluding hydrogens is 242 g/mol.